The molecule has 3 nitrogen and oxygen atoms in total. The van der Waals surface area contributed by atoms with Gasteiger partial charge >= 0.3 is 0 Å². The number of rotatable bonds is 4. The van der Waals surface area contributed by atoms with Crippen molar-refractivity contribution in [1.29, 1.82) is 0 Å². The standard InChI is InChI=1S/C24H22N2O/c1-17-12-14-20(15-13-17)26(18(2)27)24(19-8-4-3-5-9-19)22-16-25-23-11-7-6-10-21(22)23/h3-16,24-25H,1-2H3. The summed E-state index contributed by atoms with van der Waals surface area (Å²) >= 11 is 0. The van der Waals surface area contributed by atoms with Crippen LogP contribution in [0.1, 0.15) is 29.7 Å². The summed E-state index contributed by atoms with van der Waals surface area (Å²) in [4.78, 5) is 18.0. The molecule has 3 aromatic carbocycles. The summed E-state index contributed by atoms with van der Waals surface area (Å²) in [6.07, 6.45) is 2.02. The Morgan fingerprint density at radius 1 is 0.889 bits per heavy atom. The molecule has 3 heteroatoms. The number of benzene rings is 3. The summed E-state index contributed by atoms with van der Waals surface area (Å²) in [5.74, 6) is 0.0120. The average Bonchev–Trinajstić information content (AvgIpc) is 3.11. The van der Waals surface area contributed by atoms with E-state index in [0.717, 1.165) is 27.7 Å². The highest BCUT2D eigenvalue weighted by Crippen LogP contribution is 2.36. The Labute approximate surface area is 159 Å². The molecule has 4 aromatic rings. The number of carbonyl (C=O) groups is 1. The van der Waals surface area contributed by atoms with Gasteiger partial charge in [-0.15, -0.1) is 0 Å². The second kappa shape index (κ2) is 7.12. The molecule has 0 aliphatic carbocycles. The fourth-order valence-corrected chi connectivity index (χ4v) is 3.64. The Morgan fingerprint density at radius 3 is 2.26 bits per heavy atom. The van der Waals surface area contributed by atoms with Crippen LogP contribution in [0, 0.1) is 6.92 Å². The Balaban J connectivity index is 1.94. The van der Waals surface area contributed by atoms with Gasteiger partial charge < -0.3 is 9.88 Å². The van der Waals surface area contributed by atoms with Crippen molar-refractivity contribution in [2.45, 2.75) is 19.9 Å². The number of hydrogen-bond acceptors (Lipinski definition) is 1. The van der Waals surface area contributed by atoms with Crippen molar-refractivity contribution in [3.8, 4) is 0 Å². The van der Waals surface area contributed by atoms with E-state index in [1.807, 2.05) is 65.7 Å². The number of amides is 1. The molecular formula is C24H22N2O. The molecule has 0 fully saturated rings. The first-order valence-electron chi connectivity index (χ1n) is 9.12. The fraction of sp³-hybridized carbons (Fsp3) is 0.125. The molecule has 1 aromatic heterocycles. The van der Waals surface area contributed by atoms with Gasteiger partial charge in [-0.2, -0.15) is 0 Å². The molecule has 1 N–H and O–H groups in total. The molecule has 1 heterocycles. The van der Waals surface area contributed by atoms with Gasteiger partial charge in [-0.1, -0.05) is 66.2 Å². The van der Waals surface area contributed by atoms with E-state index in [4.69, 9.17) is 0 Å². The van der Waals surface area contributed by atoms with Gasteiger partial charge in [0.15, 0.2) is 0 Å². The second-order valence-electron chi connectivity index (χ2n) is 6.83. The first kappa shape index (κ1) is 17.1. The second-order valence-corrected chi connectivity index (χ2v) is 6.83. The van der Waals surface area contributed by atoms with Crippen LogP contribution < -0.4 is 4.90 Å². The number of aromatic amines is 1. The van der Waals surface area contributed by atoms with Crippen molar-refractivity contribution in [3.63, 3.8) is 0 Å². The van der Waals surface area contributed by atoms with E-state index in [2.05, 4.69) is 36.2 Å². The van der Waals surface area contributed by atoms with Crippen LogP contribution >= 0.6 is 0 Å². The Hall–Kier alpha value is -3.33. The van der Waals surface area contributed by atoms with E-state index in [1.54, 1.807) is 6.92 Å². The SMILES string of the molecule is CC(=O)N(c1ccc(C)cc1)C(c1ccccc1)c1c[nH]c2ccccc12. The van der Waals surface area contributed by atoms with Crippen molar-refractivity contribution >= 4 is 22.5 Å². The molecule has 0 radical (unpaired) electrons. The number of fused-ring (bicyclic) bond motifs is 1. The lowest BCUT2D eigenvalue weighted by Crippen LogP contribution is -2.33. The highest BCUT2D eigenvalue weighted by atomic mass is 16.2. The molecule has 0 aliphatic heterocycles. The van der Waals surface area contributed by atoms with Gasteiger partial charge in [-0.05, 0) is 30.7 Å². The smallest absolute Gasteiger partial charge is 0.224 e. The number of para-hydroxylation sites is 1. The van der Waals surface area contributed by atoms with Crippen molar-refractivity contribution in [1.82, 2.24) is 4.98 Å². The lowest BCUT2D eigenvalue weighted by molar-refractivity contribution is -0.116. The highest BCUT2D eigenvalue weighted by molar-refractivity contribution is 5.95. The van der Waals surface area contributed by atoms with Gasteiger partial charge in [0.2, 0.25) is 5.91 Å². The van der Waals surface area contributed by atoms with Crippen molar-refractivity contribution in [2.75, 3.05) is 4.90 Å². The normalized spacial score (nSPS) is 12.1. The van der Waals surface area contributed by atoms with E-state index in [-0.39, 0.29) is 11.9 Å². The predicted octanol–water partition coefficient (Wildman–Crippen LogP) is 5.62. The topological polar surface area (TPSA) is 36.1 Å². The maximum atomic E-state index is 12.8. The first-order chi connectivity index (χ1) is 13.1. The lowest BCUT2D eigenvalue weighted by Gasteiger charge is -2.31. The van der Waals surface area contributed by atoms with Crippen molar-refractivity contribution in [3.05, 3.63) is 102 Å². The Bertz CT molecular complexity index is 1060. The molecule has 1 amide bonds. The third-order valence-electron chi connectivity index (χ3n) is 4.94. The molecule has 0 saturated carbocycles. The third-order valence-corrected chi connectivity index (χ3v) is 4.94. The zero-order valence-corrected chi connectivity index (χ0v) is 15.5. The molecule has 4 rings (SSSR count). The summed E-state index contributed by atoms with van der Waals surface area (Å²) in [5, 5.41) is 1.13. The number of nitrogens with zero attached hydrogens (tertiary/aromatic N) is 1. The number of H-pyrrole nitrogens is 1. The van der Waals surface area contributed by atoms with Crippen LogP contribution in [-0.2, 0) is 4.79 Å². The Morgan fingerprint density at radius 2 is 1.56 bits per heavy atom. The first-order valence-corrected chi connectivity index (χ1v) is 9.12. The number of carbonyl (C=O) groups excluding carboxylic acids is 1. The molecule has 0 spiro atoms. The average molecular weight is 354 g/mol. The lowest BCUT2D eigenvalue weighted by atomic mass is 9.95. The number of anilines is 1. The summed E-state index contributed by atoms with van der Waals surface area (Å²) < 4.78 is 0. The minimum Gasteiger partial charge on any atom is -0.361 e. The van der Waals surface area contributed by atoms with Crippen LogP contribution in [0.3, 0.4) is 0 Å². The number of aryl methyl sites for hydroxylation is 1. The van der Waals surface area contributed by atoms with Crippen molar-refractivity contribution < 1.29 is 4.79 Å². The Kier molecular flexibility index (Phi) is 4.51. The maximum absolute atomic E-state index is 12.8. The minimum absolute atomic E-state index is 0.0120. The van der Waals surface area contributed by atoms with E-state index in [0.29, 0.717) is 0 Å². The number of nitrogens with one attached hydrogen (secondary N) is 1. The molecule has 134 valence electrons. The molecule has 1 unspecified atom stereocenters. The zero-order valence-electron chi connectivity index (χ0n) is 15.5. The number of hydrogen-bond donors (Lipinski definition) is 1. The monoisotopic (exact) mass is 354 g/mol. The van der Waals surface area contributed by atoms with Crippen LogP contribution in [-0.4, -0.2) is 10.9 Å². The third kappa shape index (κ3) is 3.24. The number of aromatic nitrogens is 1. The summed E-state index contributed by atoms with van der Waals surface area (Å²) in [6, 6.07) is 26.3. The fourth-order valence-electron chi connectivity index (χ4n) is 3.64. The molecule has 1 atom stereocenters. The molecular weight excluding hydrogens is 332 g/mol. The van der Waals surface area contributed by atoms with Gasteiger partial charge in [-0.3, -0.25) is 4.79 Å². The van der Waals surface area contributed by atoms with Gasteiger partial charge in [0.1, 0.15) is 0 Å². The van der Waals surface area contributed by atoms with E-state index in [1.165, 1.54) is 5.56 Å². The molecule has 0 saturated heterocycles. The van der Waals surface area contributed by atoms with Crippen molar-refractivity contribution in [2.24, 2.45) is 0 Å². The van der Waals surface area contributed by atoms with Crippen LogP contribution in [0.5, 0.6) is 0 Å². The van der Waals surface area contributed by atoms with E-state index < -0.39 is 0 Å². The zero-order chi connectivity index (χ0) is 18.8. The molecule has 27 heavy (non-hydrogen) atoms. The predicted molar refractivity (Wildman–Crippen MR) is 111 cm³/mol. The van der Waals surface area contributed by atoms with Crippen LogP contribution in [0.15, 0.2) is 85.1 Å². The molecule has 0 bridgehead atoms. The summed E-state index contributed by atoms with van der Waals surface area (Å²) in [6.45, 7) is 3.68. The van der Waals surface area contributed by atoms with Crippen LogP contribution in [0.2, 0.25) is 0 Å². The minimum atomic E-state index is -0.206. The van der Waals surface area contributed by atoms with Gasteiger partial charge in [0, 0.05) is 35.3 Å². The van der Waals surface area contributed by atoms with Gasteiger partial charge in [-0.25, -0.2) is 0 Å². The largest absolute Gasteiger partial charge is 0.361 e. The van der Waals surface area contributed by atoms with Gasteiger partial charge in [0.25, 0.3) is 0 Å². The highest BCUT2D eigenvalue weighted by Gasteiger charge is 2.28. The quantitative estimate of drug-likeness (QED) is 0.507. The maximum Gasteiger partial charge on any atom is 0.224 e. The summed E-state index contributed by atoms with van der Waals surface area (Å²) in [7, 11) is 0. The van der Waals surface area contributed by atoms with E-state index in [9.17, 15) is 4.79 Å². The van der Waals surface area contributed by atoms with Crippen LogP contribution in [0.4, 0.5) is 5.69 Å². The molecule has 0 aliphatic rings. The summed E-state index contributed by atoms with van der Waals surface area (Å²) in [5.41, 5.74) is 5.31. The van der Waals surface area contributed by atoms with E-state index >= 15 is 0 Å². The van der Waals surface area contributed by atoms with Gasteiger partial charge in [0.05, 0.1) is 6.04 Å². The van der Waals surface area contributed by atoms with Crippen LogP contribution in [0.25, 0.3) is 10.9 Å².